The molecule has 1 amide bonds. The van der Waals surface area contributed by atoms with Crippen LogP contribution in [0.15, 0.2) is 42.5 Å². The molecule has 0 spiro atoms. The van der Waals surface area contributed by atoms with Gasteiger partial charge in [-0.25, -0.2) is 4.79 Å². The van der Waals surface area contributed by atoms with E-state index >= 15 is 0 Å². The van der Waals surface area contributed by atoms with E-state index in [1.165, 1.54) is 4.31 Å². The first-order chi connectivity index (χ1) is 14.3. The summed E-state index contributed by atoms with van der Waals surface area (Å²) in [5.74, 6) is 0. The Morgan fingerprint density at radius 3 is 2.30 bits per heavy atom. The molecule has 2 aromatic carbocycles. The number of hydrogen-bond donors (Lipinski definition) is 1. The third-order valence-electron chi connectivity index (χ3n) is 4.66. The normalized spacial score (nSPS) is 12.5. The highest BCUT2D eigenvalue weighted by Crippen LogP contribution is 2.23. The molecular weight excluding hydrogens is 400 g/mol. The van der Waals surface area contributed by atoms with E-state index in [0.717, 1.165) is 49.3 Å². The highest BCUT2D eigenvalue weighted by atomic mass is 32.2. The number of rotatable bonds is 11. The summed E-state index contributed by atoms with van der Waals surface area (Å²) in [6.45, 7) is 6.62. The van der Waals surface area contributed by atoms with Crippen LogP contribution in [0.25, 0.3) is 10.8 Å². The van der Waals surface area contributed by atoms with Gasteiger partial charge < -0.3 is 18.9 Å². The molecule has 1 N–H and O–H groups in total. The number of hydrogen-bond acceptors (Lipinski definition) is 4. The van der Waals surface area contributed by atoms with E-state index in [9.17, 15) is 13.6 Å². The topological polar surface area (TPSA) is 81.7 Å². The minimum Gasteiger partial charge on any atom is -0.755 e. The minimum atomic E-state index is -2.29. The average molecular weight is 434 g/mol. The molecule has 0 fully saturated rings. The third-order valence-corrected chi connectivity index (χ3v) is 5.41. The van der Waals surface area contributed by atoms with Crippen molar-refractivity contribution in [1.29, 1.82) is 0 Å². The zero-order valence-electron chi connectivity index (χ0n) is 18.2. The van der Waals surface area contributed by atoms with Crippen molar-refractivity contribution in [2.24, 2.45) is 0 Å². The fourth-order valence-corrected chi connectivity index (χ4v) is 3.78. The van der Waals surface area contributed by atoms with Gasteiger partial charge in [0, 0.05) is 30.0 Å². The predicted octanol–water partition coefficient (Wildman–Crippen LogP) is 5.31. The van der Waals surface area contributed by atoms with Crippen LogP contribution in [-0.4, -0.2) is 33.5 Å². The van der Waals surface area contributed by atoms with Gasteiger partial charge in [0.1, 0.15) is 5.60 Å². The second-order valence-corrected chi connectivity index (χ2v) is 9.28. The quantitative estimate of drug-likeness (QED) is 0.385. The minimum absolute atomic E-state index is 0.373. The van der Waals surface area contributed by atoms with Crippen molar-refractivity contribution in [3.8, 4) is 0 Å². The van der Waals surface area contributed by atoms with Gasteiger partial charge in [-0.2, -0.15) is 0 Å². The first kappa shape index (κ1) is 24.2. The summed E-state index contributed by atoms with van der Waals surface area (Å²) in [4.78, 5) is 11.6. The van der Waals surface area contributed by atoms with E-state index in [1.54, 1.807) is 0 Å². The molecule has 0 saturated heterocycles. The smallest absolute Gasteiger partial charge is 0.407 e. The van der Waals surface area contributed by atoms with Crippen LogP contribution >= 0.6 is 0 Å². The van der Waals surface area contributed by atoms with Crippen LogP contribution in [-0.2, 0) is 16.0 Å². The van der Waals surface area contributed by atoms with Gasteiger partial charge in [-0.1, -0.05) is 56.0 Å². The van der Waals surface area contributed by atoms with Gasteiger partial charge in [0.25, 0.3) is 0 Å². The molecule has 0 aliphatic heterocycles. The van der Waals surface area contributed by atoms with Crippen molar-refractivity contribution >= 4 is 33.8 Å². The molecule has 0 saturated carbocycles. The van der Waals surface area contributed by atoms with Crippen LogP contribution in [0, 0.1) is 0 Å². The Kier molecular flexibility index (Phi) is 9.59. The Bertz CT molecular complexity index is 835. The van der Waals surface area contributed by atoms with Gasteiger partial charge in [0.15, 0.2) is 0 Å². The van der Waals surface area contributed by atoms with Gasteiger partial charge in [0.05, 0.1) is 0 Å². The van der Waals surface area contributed by atoms with Crippen LogP contribution in [0.4, 0.5) is 10.5 Å². The third kappa shape index (κ3) is 8.71. The van der Waals surface area contributed by atoms with Crippen molar-refractivity contribution in [1.82, 2.24) is 5.32 Å². The lowest BCUT2D eigenvalue weighted by Gasteiger charge is -2.26. The van der Waals surface area contributed by atoms with Crippen molar-refractivity contribution in [2.75, 3.05) is 17.4 Å². The van der Waals surface area contributed by atoms with E-state index in [1.807, 2.05) is 63.2 Å². The van der Waals surface area contributed by atoms with Gasteiger partial charge in [0.2, 0.25) is 0 Å². The summed E-state index contributed by atoms with van der Waals surface area (Å²) in [5, 5.41) is 4.89. The predicted molar refractivity (Wildman–Crippen MR) is 122 cm³/mol. The number of carbonyl (C=O) groups excluding carboxylic acids is 1. The Hall–Kier alpha value is -2.12. The lowest BCUT2D eigenvalue weighted by atomic mass is 10.1. The van der Waals surface area contributed by atoms with E-state index in [0.29, 0.717) is 18.8 Å². The maximum atomic E-state index is 11.7. The second-order valence-electron chi connectivity index (χ2n) is 8.40. The van der Waals surface area contributed by atoms with Gasteiger partial charge in [-0.05, 0) is 56.5 Å². The van der Waals surface area contributed by atoms with E-state index in [2.05, 4.69) is 5.32 Å². The highest BCUT2D eigenvalue weighted by molar-refractivity contribution is 7.80. The maximum absolute atomic E-state index is 11.7. The molecule has 0 radical (unpaired) electrons. The lowest BCUT2D eigenvalue weighted by molar-refractivity contribution is 0.0527. The average Bonchev–Trinajstić information content (AvgIpc) is 2.67. The zero-order valence-corrected chi connectivity index (χ0v) is 19.0. The summed E-state index contributed by atoms with van der Waals surface area (Å²) >= 11 is -2.29. The number of anilines is 1. The molecule has 2 aromatic rings. The van der Waals surface area contributed by atoms with Crippen molar-refractivity contribution < 1.29 is 18.3 Å². The van der Waals surface area contributed by atoms with Crippen molar-refractivity contribution in [2.45, 2.75) is 64.9 Å². The van der Waals surface area contributed by atoms with Crippen LogP contribution in [0.5, 0.6) is 0 Å². The fourth-order valence-electron chi connectivity index (χ4n) is 3.21. The number of nitrogens with zero attached hydrogens (tertiary/aromatic N) is 1. The standard InChI is InChI=1S/C23H34N2O4S/c1-23(2,3)29-22(26)24-16-10-6-4-5-7-11-17-25(30(27)28)21-15-14-19-12-8-9-13-20(19)18-21/h8-9,12-15,18H,4-7,10-11,16-17H2,1-3H3,(H,24,26)(H,27,28)/p-1. The van der Waals surface area contributed by atoms with Crippen molar-refractivity contribution in [3.05, 3.63) is 42.5 Å². The molecule has 0 aliphatic rings. The molecule has 0 aromatic heterocycles. The largest absolute Gasteiger partial charge is 0.755 e. The molecule has 2 rings (SSSR count). The van der Waals surface area contributed by atoms with E-state index in [4.69, 9.17) is 4.74 Å². The lowest BCUT2D eigenvalue weighted by Crippen LogP contribution is -2.32. The molecule has 0 bridgehead atoms. The SMILES string of the molecule is CC(C)(C)OC(=O)NCCCCCCCCN(c1ccc2ccccc2c1)S(=O)[O-]. The first-order valence-electron chi connectivity index (χ1n) is 10.6. The van der Waals surface area contributed by atoms with Crippen LogP contribution < -0.4 is 9.62 Å². The Balaban J connectivity index is 1.63. The summed E-state index contributed by atoms with van der Waals surface area (Å²) in [5.41, 5.74) is 0.230. The van der Waals surface area contributed by atoms with Crippen LogP contribution in [0.3, 0.4) is 0 Å². The number of carbonyl (C=O) groups is 1. The summed E-state index contributed by atoms with van der Waals surface area (Å²) in [6, 6.07) is 13.7. The number of unbranched alkanes of at least 4 members (excludes halogenated alkanes) is 5. The number of nitrogens with one attached hydrogen (secondary N) is 1. The number of fused-ring (bicyclic) bond motifs is 1. The molecule has 0 heterocycles. The Morgan fingerprint density at radius 1 is 1.00 bits per heavy atom. The van der Waals surface area contributed by atoms with Crippen LogP contribution in [0.2, 0.25) is 0 Å². The van der Waals surface area contributed by atoms with Gasteiger partial charge in [-0.15, -0.1) is 0 Å². The number of benzene rings is 2. The molecular formula is C23H33N2O4S-. The van der Waals surface area contributed by atoms with Gasteiger partial charge >= 0.3 is 6.09 Å². The number of alkyl carbamates (subject to hydrolysis) is 1. The summed E-state index contributed by atoms with van der Waals surface area (Å²) < 4.78 is 30.0. The molecule has 0 aliphatic carbocycles. The zero-order chi connectivity index (χ0) is 22.0. The number of ether oxygens (including phenoxy) is 1. The van der Waals surface area contributed by atoms with E-state index < -0.39 is 16.9 Å². The fraction of sp³-hybridized carbons (Fsp3) is 0.522. The molecule has 1 unspecified atom stereocenters. The molecule has 30 heavy (non-hydrogen) atoms. The first-order valence-corrected chi connectivity index (χ1v) is 11.6. The number of amides is 1. The Morgan fingerprint density at radius 2 is 1.63 bits per heavy atom. The van der Waals surface area contributed by atoms with E-state index in [-0.39, 0.29) is 6.09 Å². The molecule has 1 atom stereocenters. The Labute approximate surface area is 182 Å². The summed E-state index contributed by atoms with van der Waals surface area (Å²) in [7, 11) is 0. The highest BCUT2D eigenvalue weighted by Gasteiger charge is 2.15. The molecule has 7 heteroatoms. The monoisotopic (exact) mass is 433 g/mol. The molecule has 6 nitrogen and oxygen atoms in total. The van der Waals surface area contributed by atoms with Gasteiger partial charge in [-0.3, -0.25) is 4.21 Å². The maximum Gasteiger partial charge on any atom is 0.407 e. The van der Waals surface area contributed by atoms with Crippen LogP contribution in [0.1, 0.15) is 59.3 Å². The van der Waals surface area contributed by atoms with Crippen molar-refractivity contribution in [3.63, 3.8) is 0 Å². The second kappa shape index (κ2) is 11.9. The summed E-state index contributed by atoms with van der Waals surface area (Å²) in [6.07, 6.45) is 5.46. The molecule has 166 valence electrons.